The summed E-state index contributed by atoms with van der Waals surface area (Å²) in [6.07, 6.45) is 0. The second-order valence-electron chi connectivity index (χ2n) is 5.50. The molecule has 2 amide bonds. The van der Waals surface area contributed by atoms with E-state index in [1.807, 2.05) is 36.4 Å². The fourth-order valence-corrected chi connectivity index (χ4v) is 2.98. The molecule has 2 N–H and O–H groups in total. The second-order valence-corrected chi connectivity index (χ2v) is 5.50. The van der Waals surface area contributed by atoms with Crippen LogP contribution in [0.5, 0.6) is 5.75 Å². The average molecular weight is 326 g/mol. The Morgan fingerprint density at radius 1 is 1.17 bits per heavy atom. The highest BCUT2D eigenvalue weighted by molar-refractivity contribution is 5.97. The molecule has 1 aliphatic rings. The predicted molar refractivity (Wildman–Crippen MR) is 89.6 cm³/mol. The van der Waals surface area contributed by atoms with Gasteiger partial charge in [-0.05, 0) is 35.4 Å². The molecular weight excluding hydrogens is 308 g/mol. The van der Waals surface area contributed by atoms with Crippen molar-refractivity contribution < 1.29 is 19.1 Å². The van der Waals surface area contributed by atoms with E-state index in [0.717, 1.165) is 16.3 Å². The van der Waals surface area contributed by atoms with Crippen LogP contribution >= 0.6 is 0 Å². The number of hydrogen-bond acceptors (Lipinski definition) is 4. The SMILES string of the molecule is COC(=O)C1=C(C)NC(=O)N[C@H]1c1cc(OC)cc2ccccc12. The van der Waals surface area contributed by atoms with Crippen LogP contribution in [-0.2, 0) is 9.53 Å². The van der Waals surface area contributed by atoms with Crippen molar-refractivity contribution in [2.45, 2.75) is 13.0 Å². The van der Waals surface area contributed by atoms with E-state index in [1.54, 1.807) is 14.0 Å². The number of nitrogens with one attached hydrogen (secondary N) is 2. The summed E-state index contributed by atoms with van der Waals surface area (Å²) in [6, 6.07) is 10.5. The van der Waals surface area contributed by atoms with Gasteiger partial charge in [-0.1, -0.05) is 24.3 Å². The average Bonchev–Trinajstić information content (AvgIpc) is 2.59. The number of carbonyl (C=O) groups is 2. The Morgan fingerprint density at radius 2 is 1.92 bits per heavy atom. The lowest BCUT2D eigenvalue weighted by molar-refractivity contribution is -0.136. The van der Waals surface area contributed by atoms with E-state index in [0.29, 0.717) is 17.0 Å². The number of amides is 2. The molecule has 0 unspecified atom stereocenters. The van der Waals surface area contributed by atoms with Crippen LogP contribution in [0.4, 0.5) is 4.79 Å². The predicted octanol–water partition coefficient (Wildman–Crippen LogP) is 2.65. The molecule has 0 fully saturated rings. The number of fused-ring (bicyclic) bond motifs is 1. The van der Waals surface area contributed by atoms with Crippen molar-refractivity contribution >= 4 is 22.8 Å². The fourth-order valence-electron chi connectivity index (χ4n) is 2.98. The molecule has 1 heterocycles. The lowest BCUT2D eigenvalue weighted by atomic mass is 9.91. The number of ether oxygens (including phenoxy) is 2. The molecule has 24 heavy (non-hydrogen) atoms. The minimum absolute atomic E-state index is 0.364. The molecule has 0 saturated carbocycles. The van der Waals surface area contributed by atoms with Crippen LogP contribution in [0.1, 0.15) is 18.5 Å². The summed E-state index contributed by atoms with van der Waals surface area (Å²) >= 11 is 0. The summed E-state index contributed by atoms with van der Waals surface area (Å²) in [5, 5.41) is 7.32. The van der Waals surface area contributed by atoms with Crippen molar-refractivity contribution in [1.29, 1.82) is 0 Å². The number of carbonyl (C=O) groups excluding carboxylic acids is 2. The normalized spacial score (nSPS) is 17.3. The summed E-state index contributed by atoms with van der Waals surface area (Å²) in [6.45, 7) is 1.68. The molecule has 0 spiro atoms. The second kappa shape index (κ2) is 6.23. The van der Waals surface area contributed by atoms with E-state index in [2.05, 4.69) is 10.6 Å². The molecule has 6 heteroatoms. The van der Waals surface area contributed by atoms with Crippen LogP contribution in [0.25, 0.3) is 10.8 Å². The van der Waals surface area contributed by atoms with Crippen molar-refractivity contribution in [1.82, 2.24) is 10.6 Å². The first kappa shape index (κ1) is 15.9. The number of benzene rings is 2. The molecule has 6 nitrogen and oxygen atoms in total. The van der Waals surface area contributed by atoms with Gasteiger partial charge in [-0.25, -0.2) is 9.59 Å². The number of methoxy groups -OCH3 is 2. The van der Waals surface area contributed by atoms with Crippen LogP contribution in [0.15, 0.2) is 47.7 Å². The molecule has 1 atom stereocenters. The van der Waals surface area contributed by atoms with Gasteiger partial charge in [0.2, 0.25) is 0 Å². The first-order chi connectivity index (χ1) is 11.5. The van der Waals surface area contributed by atoms with Gasteiger partial charge in [0.05, 0.1) is 25.8 Å². The Bertz CT molecular complexity index is 857. The van der Waals surface area contributed by atoms with Crippen molar-refractivity contribution in [3.8, 4) is 5.75 Å². The molecule has 0 bridgehead atoms. The summed E-state index contributed by atoms with van der Waals surface area (Å²) in [7, 11) is 2.90. The van der Waals surface area contributed by atoms with Crippen LogP contribution in [0.3, 0.4) is 0 Å². The van der Waals surface area contributed by atoms with Crippen molar-refractivity contribution in [3.05, 3.63) is 53.2 Å². The van der Waals surface area contributed by atoms with E-state index >= 15 is 0 Å². The number of rotatable bonds is 3. The third kappa shape index (κ3) is 2.67. The number of urea groups is 1. The summed E-state index contributed by atoms with van der Waals surface area (Å²) in [4.78, 5) is 24.2. The van der Waals surface area contributed by atoms with E-state index in [4.69, 9.17) is 9.47 Å². The van der Waals surface area contributed by atoms with E-state index in [9.17, 15) is 9.59 Å². The molecule has 0 aromatic heterocycles. The van der Waals surface area contributed by atoms with Crippen molar-refractivity contribution in [2.24, 2.45) is 0 Å². The Kier molecular flexibility index (Phi) is 4.12. The van der Waals surface area contributed by atoms with Crippen LogP contribution < -0.4 is 15.4 Å². The Balaban J connectivity index is 2.25. The van der Waals surface area contributed by atoms with E-state index < -0.39 is 12.0 Å². The van der Waals surface area contributed by atoms with Crippen LogP contribution in [0, 0.1) is 0 Å². The lowest BCUT2D eigenvalue weighted by Crippen LogP contribution is -2.45. The minimum Gasteiger partial charge on any atom is -0.497 e. The molecule has 2 aromatic rings. The third-order valence-electron chi connectivity index (χ3n) is 4.09. The van der Waals surface area contributed by atoms with Gasteiger partial charge >= 0.3 is 12.0 Å². The van der Waals surface area contributed by atoms with E-state index in [1.165, 1.54) is 7.11 Å². The van der Waals surface area contributed by atoms with Crippen molar-refractivity contribution in [2.75, 3.05) is 14.2 Å². The van der Waals surface area contributed by atoms with Gasteiger partial charge in [0.25, 0.3) is 0 Å². The lowest BCUT2D eigenvalue weighted by Gasteiger charge is -2.29. The first-order valence-electron chi connectivity index (χ1n) is 7.48. The monoisotopic (exact) mass is 326 g/mol. The van der Waals surface area contributed by atoms with Gasteiger partial charge in [-0.15, -0.1) is 0 Å². The highest BCUT2D eigenvalue weighted by Crippen LogP contribution is 2.35. The zero-order valence-corrected chi connectivity index (χ0v) is 13.7. The quantitative estimate of drug-likeness (QED) is 0.850. The summed E-state index contributed by atoms with van der Waals surface area (Å²) < 4.78 is 10.3. The first-order valence-corrected chi connectivity index (χ1v) is 7.48. The van der Waals surface area contributed by atoms with E-state index in [-0.39, 0.29) is 6.03 Å². The third-order valence-corrected chi connectivity index (χ3v) is 4.09. The standard InChI is InChI=1S/C18H18N2O4/c1-10-15(17(21)24-3)16(20-18(22)19-10)14-9-12(23-2)8-11-6-4-5-7-13(11)14/h4-9,16H,1-3H3,(H2,19,20,22)/t16-/m0/s1. The molecular formula is C18H18N2O4. The molecule has 1 aliphatic heterocycles. The van der Waals surface area contributed by atoms with Crippen molar-refractivity contribution in [3.63, 3.8) is 0 Å². The molecule has 0 aliphatic carbocycles. The largest absolute Gasteiger partial charge is 0.497 e. The van der Waals surface area contributed by atoms with Gasteiger partial charge in [-0.3, -0.25) is 0 Å². The molecule has 124 valence electrons. The van der Waals surface area contributed by atoms with Crippen LogP contribution in [-0.4, -0.2) is 26.2 Å². The molecule has 0 radical (unpaired) electrons. The molecule has 3 rings (SSSR count). The van der Waals surface area contributed by atoms with Gasteiger partial charge < -0.3 is 20.1 Å². The maximum atomic E-state index is 12.3. The van der Waals surface area contributed by atoms with Gasteiger partial charge in [0.1, 0.15) is 5.75 Å². The highest BCUT2D eigenvalue weighted by atomic mass is 16.5. The topological polar surface area (TPSA) is 76.7 Å². The number of hydrogen-bond donors (Lipinski definition) is 2. The zero-order chi connectivity index (χ0) is 17.3. The Labute approximate surface area is 139 Å². The smallest absolute Gasteiger partial charge is 0.337 e. The zero-order valence-electron chi connectivity index (χ0n) is 13.7. The van der Waals surface area contributed by atoms with Crippen LogP contribution in [0.2, 0.25) is 0 Å². The number of allylic oxidation sites excluding steroid dienone is 1. The van der Waals surface area contributed by atoms with Gasteiger partial charge in [0.15, 0.2) is 0 Å². The maximum Gasteiger partial charge on any atom is 0.337 e. The minimum atomic E-state index is -0.619. The highest BCUT2D eigenvalue weighted by Gasteiger charge is 2.33. The summed E-state index contributed by atoms with van der Waals surface area (Å²) in [5.41, 5.74) is 1.62. The Hall–Kier alpha value is -3.02. The summed E-state index contributed by atoms with van der Waals surface area (Å²) in [5.74, 6) is 0.162. The maximum absolute atomic E-state index is 12.3. The fraction of sp³-hybridized carbons (Fsp3) is 0.222. The molecule has 2 aromatic carbocycles. The molecule has 0 saturated heterocycles. The Morgan fingerprint density at radius 3 is 2.62 bits per heavy atom. The number of esters is 1. The van der Waals surface area contributed by atoms with Gasteiger partial charge in [0, 0.05) is 5.70 Å². The van der Waals surface area contributed by atoms with Gasteiger partial charge in [-0.2, -0.15) is 0 Å².